The minimum Gasteiger partial charge on any atom is -0.402 e. The second kappa shape index (κ2) is 4.28. The number of fused-ring (bicyclic) bond motifs is 3. The van der Waals surface area contributed by atoms with Crippen molar-refractivity contribution >= 4 is 27.5 Å². The van der Waals surface area contributed by atoms with Crippen molar-refractivity contribution in [2.24, 2.45) is 5.73 Å². The van der Waals surface area contributed by atoms with Gasteiger partial charge in [-0.05, 0) is 30.7 Å². The van der Waals surface area contributed by atoms with E-state index in [1.54, 1.807) is 0 Å². The third-order valence-electron chi connectivity index (χ3n) is 3.13. The molecule has 0 fully saturated rings. The SMILES string of the molecule is C=C(/C=C(\C)N)c1cnc2[nH]c3ccccc3c2c1. The molecule has 0 saturated heterocycles. The fourth-order valence-corrected chi connectivity index (χ4v) is 2.26. The number of aromatic amines is 1. The standard InChI is InChI=1S/C16H15N3/c1-10(7-11(2)17)12-8-14-13-5-3-4-6-15(13)19-16(14)18-9-12/h3-9H,1,17H2,2H3,(H,18,19)/b11-7+. The Bertz CT molecular complexity index is 805. The van der Waals surface area contributed by atoms with E-state index < -0.39 is 0 Å². The van der Waals surface area contributed by atoms with E-state index in [2.05, 4.69) is 34.7 Å². The Labute approximate surface area is 111 Å². The van der Waals surface area contributed by atoms with Crippen LogP contribution in [0.4, 0.5) is 0 Å². The van der Waals surface area contributed by atoms with Gasteiger partial charge in [-0.2, -0.15) is 0 Å². The van der Waals surface area contributed by atoms with Crippen LogP contribution in [0.3, 0.4) is 0 Å². The van der Waals surface area contributed by atoms with Gasteiger partial charge >= 0.3 is 0 Å². The molecule has 3 aromatic rings. The van der Waals surface area contributed by atoms with E-state index in [1.165, 1.54) is 5.39 Å². The molecule has 0 saturated carbocycles. The fourth-order valence-electron chi connectivity index (χ4n) is 2.26. The van der Waals surface area contributed by atoms with Gasteiger partial charge < -0.3 is 10.7 Å². The minimum absolute atomic E-state index is 0.740. The molecule has 3 heteroatoms. The van der Waals surface area contributed by atoms with Crippen LogP contribution >= 0.6 is 0 Å². The summed E-state index contributed by atoms with van der Waals surface area (Å²) in [5.74, 6) is 0. The third-order valence-corrected chi connectivity index (χ3v) is 3.13. The molecule has 0 radical (unpaired) electrons. The molecule has 0 bridgehead atoms. The van der Waals surface area contributed by atoms with Gasteiger partial charge in [0, 0.05) is 33.7 Å². The zero-order valence-corrected chi connectivity index (χ0v) is 10.8. The van der Waals surface area contributed by atoms with Gasteiger partial charge in [0.25, 0.3) is 0 Å². The van der Waals surface area contributed by atoms with E-state index >= 15 is 0 Å². The molecule has 3 N–H and O–H groups in total. The van der Waals surface area contributed by atoms with Crippen LogP contribution < -0.4 is 5.73 Å². The number of allylic oxidation sites excluding steroid dienone is 3. The number of pyridine rings is 1. The molecule has 0 aliphatic carbocycles. The van der Waals surface area contributed by atoms with Crippen molar-refractivity contribution in [1.29, 1.82) is 0 Å². The second-order valence-corrected chi connectivity index (χ2v) is 4.70. The number of hydrogen-bond donors (Lipinski definition) is 2. The molecule has 2 heterocycles. The van der Waals surface area contributed by atoms with Gasteiger partial charge in [0.1, 0.15) is 5.65 Å². The summed E-state index contributed by atoms with van der Waals surface area (Å²) in [5.41, 5.74) is 10.3. The Morgan fingerprint density at radius 1 is 1.32 bits per heavy atom. The quantitative estimate of drug-likeness (QED) is 0.682. The zero-order chi connectivity index (χ0) is 13.4. The van der Waals surface area contributed by atoms with Crippen molar-refractivity contribution in [1.82, 2.24) is 9.97 Å². The highest BCUT2D eigenvalue weighted by molar-refractivity contribution is 6.06. The highest BCUT2D eigenvalue weighted by Gasteiger charge is 2.06. The molecule has 0 aliphatic rings. The number of hydrogen-bond acceptors (Lipinski definition) is 2. The lowest BCUT2D eigenvalue weighted by molar-refractivity contribution is 1.31. The number of benzene rings is 1. The predicted molar refractivity (Wildman–Crippen MR) is 80.6 cm³/mol. The van der Waals surface area contributed by atoms with E-state index in [0.717, 1.165) is 33.4 Å². The van der Waals surface area contributed by atoms with E-state index in [-0.39, 0.29) is 0 Å². The molecular weight excluding hydrogens is 234 g/mol. The first-order chi connectivity index (χ1) is 9.15. The number of rotatable bonds is 2. The predicted octanol–water partition coefficient (Wildman–Crippen LogP) is 3.59. The van der Waals surface area contributed by atoms with E-state index in [0.29, 0.717) is 0 Å². The van der Waals surface area contributed by atoms with Gasteiger partial charge in [-0.25, -0.2) is 4.98 Å². The first kappa shape index (κ1) is 11.5. The first-order valence-electron chi connectivity index (χ1n) is 6.14. The molecule has 0 atom stereocenters. The summed E-state index contributed by atoms with van der Waals surface area (Å²) < 4.78 is 0. The molecule has 1 aromatic carbocycles. The summed E-state index contributed by atoms with van der Waals surface area (Å²) in [4.78, 5) is 7.76. The molecule has 0 unspecified atom stereocenters. The van der Waals surface area contributed by atoms with E-state index in [1.807, 2.05) is 31.3 Å². The van der Waals surface area contributed by atoms with Crippen LogP contribution in [-0.2, 0) is 0 Å². The van der Waals surface area contributed by atoms with Crippen molar-refractivity contribution in [3.05, 3.63) is 60.4 Å². The number of aromatic nitrogens is 2. The van der Waals surface area contributed by atoms with Gasteiger partial charge in [0.05, 0.1) is 0 Å². The minimum atomic E-state index is 0.740. The molecule has 0 spiro atoms. The molecule has 3 nitrogen and oxygen atoms in total. The molecule has 19 heavy (non-hydrogen) atoms. The Hall–Kier alpha value is -2.55. The van der Waals surface area contributed by atoms with Crippen molar-refractivity contribution < 1.29 is 0 Å². The smallest absolute Gasteiger partial charge is 0.138 e. The van der Waals surface area contributed by atoms with E-state index in [4.69, 9.17) is 5.73 Å². The number of nitrogens with one attached hydrogen (secondary N) is 1. The van der Waals surface area contributed by atoms with Crippen molar-refractivity contribution in [2.75, 3.05) is 0 Å². The van der Waals surface area contributed by atoms with Crippen LogP contribution in [0, 0.1) is 0 Å². The first-order valence-corrected chi connectivity index (χ1v) is 6.14. The lowest BCUT2D eigenvalue weighted by Gasteiger charge is -2.01. The van der Waals surface area contributed by atoms with E-state index in [9.17, 15) is 0 Å². The van der Waals surface area contributed by atoms with Crippen LogP contribution in [0.5, 0.6) is 0 Å². The summed E-state index contributed by atoms with van der Waals surface area (Å²) >= 11 is 0. The van der Waals surface area contributed by atoms with Crippen molar-refractivity contribution in [3.63, 3.8) is 0 Å². The number of nitrogens with two attached hydrogens (primary N) is 1. The van der Waals surface area contributed by atoms with Crippen LogP contribution in [0.25, 0.3) is 27.5 Å². The maximum Gasteiger partial charge on any atom is 0.138 e. The molecule has 2 aromatic heterocycles. The van der Waals surface area contributed by atoms with Crippen LogP contribution in [0.15, 0.2) is 54.9 Å². The Morgan fingerprint density at radius 3 is 2.89 bits per heavy atom. The molecule has 0 amide bonds. The lowest BCUT2D eigenvalue weighted by atomic mass is 10.1. The monoisotopic (exact) mass is 249 g/mol. The third kappa shape index (κ3) is 1.99. The van der Waals surface area contributed by atoms with Gasteiger partial charge in [0.2, 0.25) is 0 Å². The van der Waals surface area contributed by atoms with Crippen LogP contribution in [0.1, 0.15) is 12.5 Å². The van der Waals surface area contributed by atoms with Crippen molar-refractivity contribution in [2.45, 2.75) is 6.92 Å². The Kier molecular flexibility index (Phi) is 2.60. The number of para-hydroxylation sites is 1. The van der Waals surface area contributed by atoms with Gasteiger partial charge in [-0.3, -0.25) is 0 Å². The molecule has 94 valence electrons. The summed E-state index contributed by atoms with van der Waals surface area (Å²) in [7, 11) is 0. The van der Waals surface area contributed by atoms with Crippen molar-refractivity contribution in [3.8, 4) is 0 Å². The van der Waals surface area contributed by atoms with Crippen LogP contribution in [-0.4, -0.2) is 9.97 Å². The average molecular weight is 249 g/mol. The fraction of sp³-hybridized carbons (Fsp3) is 0.0625. The molecule has 3 rings (SSSR count). The maximum atomic E-state index is 5.69. The summed E-state index contributed by atoms with van der Waals surface area (Å²) in [6, 6.07) is 10.3. The highest BCUT2D eigenvalue weighted by Crippen LogP contribution is 2.26. The van der Waals surface area contributed by atoms with Gasteiger partial charge in [-0.1, -0.05) is 24.8 Å². The normalized spacial score (nSPS) is 12.2. The largest absolute Gasteiger partial charge is 0.402 e. The maximum absolute atomic E-state index is 5.69. The number of nitrogens with zero attached hydrogens (tertiary/aromatic N) is 1. The summed E-state index contributed by atoms with van der Waals surface area (Å²) in [6.45, 7) is 5.88. The Balaban J connectivity index is 2.22. The summed E-state index contributed by atoms with van der Waals surface area (Å²) in [6.07, 6.45) is 3.68. The van der Waals surface area contributed by atoms with Gasteiger partial charge in [-0.15, -0.1) is 0 Å². The lowest BCUT2D eigenvalue weighted by Crippen LogP contribution is -1.91. The Morgan fingerprint density at radius 2 is 2.11 bits per heavy atom. The zero-order valence-electron chi connectivity index (χ0n) is 10.8. The molecular formula is C16H15N3. The number of H-pyrrole nitrogens is 1. The molecule has 0 aliphatic heterocycles. The highest BCUT2D eigenvalue weighted by atomic mass is 14.8. The second-order valence-electron chi connectivity index (χ2n) is 4.70. The summed E-state index contributed by atoms with van der Waals surface area (Å²) in [5, 5.41) is 2.28. The topological polar surface area (TPSA) is 54.7 Å². The van der Waals surface area contributed by atoms with Crippen LogP contribution in [0.2, 0.25) is 0 Å². The average Bonchev–Trinajstić information content (AvgIpc) is 2.75. The van der Waals surface area contributed by atoms with Gasteiger partial charge in [0.15, 0.2) is 0 Å².